The lowest BCUT2D eigenvalue weighted by Gasteiger charge is -2.05. The highest BCUT2D eigenvalue weighted by atomic mass is 35.5. The van der Waals surface area contributed by atoms with Crippen molar-refractivity contribution in [2.24, 2.45) is 0 Å². The molecule has 0 radical (unpaired) electrons. The fourth-order valence-electron chi connectivity index (χ4n) is 1.69. The average Bonchev–Trinajstić information content (AvgIpc) is 2.64. The highest BCUT2D eigenvalue weighted by Crippen LogP contribution is 2.23. The van der Waals surface area contributed by atoms with Crippen LogP contribution in [0, 0.1) is 0 Å². The number of fused-ring (bicyclic) bond motifs is 1. The van der Waals surface area contributed by atoms with Crippen LogP contribution in [0.4, 0.5) is 0 Å². The molecule has 0 saturated heterocycles. The summed E-state index contributed by atoms with van der Waals surface area (Å²) in [6.45, 7) is 4.38. The van der Waals surface area contributed by atoms with Gasteiger partial charge in [-0.2, -0.15) is 0 Å². The minimum Gasteiger partial charge on any atom is -0.380 e. The van der Waals surface area contributed by atoms with Crippen molar-refractivity contribution in [3.63, 3.8) is 0 Å². The fraction of sp³-hybridized carbons (Fsp3) is 0.333. The quantitative estimate of drug-likeness (QED) is 0.726. The van der Waals surface area contributed by atoms with E-state index in [2.05, 4.69) is 16.8 Å². The minimum atomic E-state index is 0.743. The van der Waals surface area contributed by atoms with Crippen molar-refractivity contribution in [3.05, 3.63) is 35.5 Å². The molecule has 0 bridgehead atoms. The van der Waals surface area contributed by atoms with Crippen LogP contribution in [0.3, 0.4) is 0 Å². The van der Waals surface area contributed by atoms with Crippen LogP contribution < -0.4 is 0 Å². The molecule has 0 atom stereocenters. The van der Waals surface area contributed by atoms with Crippen molar-refractivity contribution in [2.75, 3.05) is 13.2 Å². The van der Waals surface area contributed by atoms with Gasteiger partial charge >= 0.3 is 0 Å². The molecule has 2 nitrogen and oxygen atoms in total. The highest BCUT2D eigenvalue weighted by molar-refractivity contribution is 6.35. The molecule has 1 heterocycles. The lowest BCUT2D eigenvalue weighted by atomic mass is 10.2. The Kier molecular flexibility index (Phi) is 3.29. The zero-order chi connectivity index (χ0) is 10.7. The van der Waals surface area contributed by atoms with Gasteiger partial charge in [0.15, 0.2) is 0 Å². The Morgan fingerprint density at radius 1 is 1.33 bits per heavy atom. The van der Waals surface area contributed by atoms with Gasteiger partial charge in [-0.25, -0.2) is 0 Å². The van der Waals surface area contributed by atoms with Gasteiger partial charge in [0.1, 0.15) is 0 Å². The molecule has 0 fully saturated rings. The van der Waals surface area contributed by atoms with Crippen LogP contribution >= 0.6 is 11.6 Å². The van der Waals surface area contributed by atoms with Gasteiger partial charge in [-0.15, -0.1) is 0 Å². The van der Waals surface area contributed by atoms with Crippen molar-refractivity contribution < 1.29 is 4.74 Å². The standard InChI is InChI=1S/C12H14ClNO/c1-2-15-9-8-14-7-6-10-11(13)4-3-5-12(10)14/h3-7H,2,8-9H2,1H3. The lowest BCUT2D eigenvalue weighted by molar-refractivity contribution is 0.140. The monoisotopic (exact) mass is 223 g/mol. The van der Waals surface area contributed by atoms with E-state index in [-0.39, 0.29) is 0 Å². The molecule has 0 amide bonds. The summed E-state index contributed by atoms with van der Waals surface area (Å²) >= 11 is 6.09. The number of rotatable bonds is 4. The van der Waals surface area contributed by atoms with Crippen molar-refractivity contribution >= 4 is 22.5 Å². The Bertz CT molecular complexity index is 450. The molecule has 2 aromatic rings. The van der Waals surface area contributed by atoms with Gasteiger partial charge in [-0.1, -0.05) is 17.7 Å². The molecule has 0 spiro atoms. The first-order valence-electron chi connectivity index (χ1n) is 5.14. The molecule has 3 heteroatoms. The Balaban J connectivity index is 2.25. The molecule has 0 unspecified atom stereocenters. The smallest absolute Gasteiger partial charge is 0.0645 e. The first kappa shape index (κ1) is 10.5. The maximum absolute atomic E-state index is 6.09. The summed E-state index contributed by atoms with van der Waals surface area (Å²) in [5.41, 5.74) is 1.17. The largest absolute Gasteiger partial charge is 0.380 e. The third-order valence-corrected chi connectivity index (χ3v) is 2.77. The number of aromatic nitrogens is 1. The van der Waals surface area contributed by atoms with Crippen LogP contribution in [0.2, 0.25) is 5.02 Å². The molecule has 15 heavy (non-hydrogen) atoms. The SMILES string of the molecule is CCOCCn1ccc2c(Cl)cccc21. The average molecular weight is 224 g/mol. The summed E-state index contributed by atoms with van der Waals surface area (Å²) in [6.07, 6.45) is 2.05. The van der Waals surface area contributed by atoms with Gasteiger partial charge in [0, 0.05) is 35.3 Å². The van der Waals surface area contributed by atoms with E-state index >= 15 is 0 Å². The Morgan fingerprint density at radius 3 is 3.00 bits per heavy atom. The number of ether oxygens (including phenoxy) is 1. The van der Waals surface area contributed by atoms with E-state index in [0.717, 1.165) is 30.2 Å². The molecule has 80 valence electrons. The zero-order valence-corrected chi connectivity index (χ0v) is 9.50. The predicted octanol–water partition coefficient (Wildman–Crippen LogP) is 3.33. The maximum Gasteiger partial charge on any atom is 0.0645 e. The van der Waals surface area contributed by atoms with Gasteiger partial charge in [0.25, 0.3) is 0 Å². The molecule has 1 aromatic carbocycles. The summed E-state index contributed by atoms with van der Waals surface area (Å²) in [5, 5.41) is 1.92. The normalized spacial score (nSPS) is 11.1. The van der Waals surface area contributed by atoms with Crippen molar-refractivity contribution in [1.82, 2.24) is 4.57 Å². The molecular weight excluding hydrogens is 210 g/mol. The van der Waals surface area contributed by atoms with Crippen molar-refractivity contribution in [1.29, 1.82) is 0 Å². The molecule has 0 aliphatic heterocycles. The summed E-state index contributed by atoms with van der Waals surface area (Å²) in [6, 6.07) is 8.01. The third-order valence-electron chi connectivity index (χ3n) is 2.44. The first-order valence-corrected chi connectivity index (χ1v) is 5.52. The highest BCUT2D eigenvalue weighted by Gasteiger charge is 2.02. The van der Waals surface area contributed by atoms with Gasteiger partial charge in [-0.05, 0) is 25.1 Å². The van der Waals surface area contributed by atoms with E-state index in [1.165, 1.54) is 5.52 Å². The Hall–Kier alpha value is -0.990. The minimum absolute atomic E-state index is 0.743. The van der Waals surface area contributed by atoms with Crippen LogP contribution in [0.1, 0.15) is 6.92 Å². The Morgan fingerprint density at radius 2 is 2.20 bits per heavy atom. The number of hydrogen-bond acceptors (Lipinski definition) is 1. The molecule has 0 aliphatic rings. The number of nitrogens with zero attached hydrogens (tertiary/aromatic N) is 1. The van der Waals surface area contributed by atoms with Gasteiger partial charge in [-0.3, -0.25) is 0 Å². The first-order chi connectivity index (χ1) is 7.33. The van der Waals surface area contributed by atoms with E-state index in [0.29, 0.717) is 0 Å². The van der Waals surface area contributed by atoms with Crippen molar-refractivity contribution in [2.45, 2.75) is 13.5 Å². The van der Waals surface area contributed by atoms with Crippen LogP contribution in [0.5, 0.6) is 0 Å². The van der Waals surface area contributed by atoms with Gasteiger partial charge < -0.3 is 9.30 Å². The molecule has 1 aromatic heterocycles. The topological polar surface area (TPSA) is 14.2 Å². The van der Waals surface area contributed by atoms with Crippen LogP contribution in [-0.2, 0) is 11.3 Å². The zero-order valence-electron chi connectivity index (χ0n) is 8.74. The predicted molar refractivity (Wildman–Crippen MR) is 63.4 cm³/mol. The lowest BCUT2D eigenvalue weighted by Crippen LogP contribution is -2.04. The molecule has 2 rings (SSSR count). The molecule has 0 N–H and O–H groups in total. The summed E-state index contributed by atoms with van der Waals surface area (Å²) in [4.78, 5) is 0. The second-order valence-corrected chi connectivity index (χ2v) is 3.79. The van der Waals surface area contributed by atoms with E-state index in [1.54, 1.807) is 0 Å². The molecule has 0 aliphatic carbocycles. The van der Waals surface area contributed by atoms with Crippen LogP contribution in [0.25, 0.3) is 10.9 Å². The van der Waals surface area contributed by atoms with E-state index in [9.17, 15) is 0 Å². The summed E-state index contributed by atoms with van der Waals surface area (Å²) < 4.78 is 7.50. The van der Waals surface area contributed by atoms with Crippen molar-refractivity contribution in [3.8, 4) is 0 Å². The fourth-order valence-corrected chi connectivity index (χ4v) is 1.92. The van der Waals surface area contributed by atoms with Crippen LogP contribution in [0.15, 0.2) is 30.5 Å². The van der Waals surface area contributed by atoms with E-state index < -0.39 is 0 Å². The number of hydrogen-bond donors (Lipinski definition) is 0. The van der Waals surface area contributed by atoms with Crippen LogP contribution in [-0.4, -0.2) is 17.8 Å². The molecular formula is C12H14ClNO. The second kappa shape index (κ2) is 4.69. The van der Waals surface area contributed by atoms with Gasteiger partial charge in [0.05, 0.1) is 6.61 Å². The summed E-state index contributed by atoms with van der Waals surface area (Å²) in [7, 11) is 0. The summed E-state index contributed by atoms with van der Waals surface area (Å²) in [5.74, 6) is 0. The number of halogens is 1. The van der Waals surface area contributed by atoms with E-state index in [4.69, 9.17) is 16.3 Å². The molecule has 0 saturated carbocycles. The maximum atomic E-state index is 6.09. The third kappa shape index (κ3) is 2.16. The second-order valence-electron chi connectivity index (χ2n) is 3.38. The Labute approximate surface area is 94.4 Å². The number of benzene rings is 1. The van der Waals surface area contributed by atoms with Gasteiger partial charge in [0.2, 0.25) is 0 Å². The van der Waals surface area contributed by atoms with E-state index in [1.807, 2.05) is 25.1 Å².